The molecule has 0 radical (unpaired) electrons. The molecule has 3 nitrogen and oxygen atoms in total. The summed E-state index contributed by atoms with van der Waals surface area (Å²) >= 11 is 4.15. The van der Waals surface area contributed by atoms with E-state index in [1.54, 1.807) is 0 Å². The molecule has 0 aromatic carbocycles. The summed E-state index contributed by atoms with van der Waals surface area (Å²) < 4.78 is 2.22. The van der Waals surface area contributed by atoms with Crippen LogP contribution in [0, 0.1) is 6.92 Å². The van der Waals surface area contributed by atoms with Crippen molar-refractivity contribution < 1.29 is 0 Å². The van der Waals surface area contributed by atoms with Gasteiger partial charge >= 0.3 is 0 Å². The molecular weight excluding hydrogens is 250 g/mol. The zero-order chi connectivity index (χ0) is 12.3. The number of hydrogen-bond acceptors (Lipinski definition) is 4. The minimum Gasteiger partial charge on any atom is -0.354 e. The van der Waals surface area contributed by atoms with Gasteiger partial charge in [0, 0.05) is 41.3 Å². The molecule has 1 fully saturated rings. The van der Waals surface area contributed by atoms with E-state index < -0.39 is 0 Å². The van der Waals surface area contributed by atoms with Crippen LogP contribution in [0.1, 0.15) is 25.6 Å². The van der Waals surface area contributed by atoms with Gasteiger partial charge in [0.25, 0.3) is 0 Å². The SMILES string of the molecule is Cc1cn(C(C)C)c(NCC2CSCCS2)n1. The van der Waals surface area contributed by atoms with Gasteiger partial charge in [0.2, 0.25) is 5.95 Å². The highest BCUT2D eigenvalue weighted by Gasteiger charge is 2.15. The van der Waals surface area contributed by atoms with Crippen LogP contribution in [0.4, 0.5) is 5.95 Å². The van der Waals surface area contributed by atoms with Gasteiger partial charge in [-0.15, -0.1) is 0 Å². The molecule has 1 unspecified atom stereocenters. The van der Waals surface area contributed by atoms with E-state index in [-0.39, 0.29) is 0 Å². The van der Waals surface area contributed by atoms with E-state index >= 15 is 0 Å². The van der Waals surface area contributed by atoms with Gasteiger partial charge in [-0.3, -0.25) is 0 Å². The number of aromatic nitrogens is 2. The maximum atomic E-state index is 4.55. The number of aryl methyl sites for hydroxylation is 1. The molecule has 1 N–H and O–H groups in total. The summed E-state index contributed by atoms with van der Waals surface area (Å²) in [4.78, 5) is 4.55. The van der Waals surface area contributed by atoms with Gasteiger partial charge in [-0.25, -0.2) is 4.98 Å². The van der Waals surface area contributed by atoms with Crippen LogP contribution >= 0.6 is 23.5 Å². The average Bonchev–Trinajstić information content (AvgIpc) is 2.69. The Kier molecular flexibility index (Phi) is 4.68. The van der Waals surface area contributed by atoms with Gasteiger partial charge in [0.05, 0.1) is 5.69 Å². The summed E-state index contributed by atoms with van der Waals surface area (Å²) in [5.41, 5.74) is 1.09. The molecule has 1 aliphatic rings. The van der Waals surface area contributed by atoms with Crippen molar-refractivity contribution in [2.24, 2.45) is 0 Å². The van der Waals surface area contributed by atoms with Crippen molar-refractivity contribution in [2.75, 3.05) is 29.1 Å². The van der Waals surface area contributed by atoms with Crippen LogP contribution in [0.25, 0.3) is 0 Å². The first-order valence-corrected chi connectivity index (χ1v) is 8.36. The van der Waals surface area contributed by atoms with Crippen LogP contribution in [-0.4, -0.2) is 38.6 Å². The highest BCUT2D eigenvalue weighted by Crippen LogP contribution is 2.24. The molecule has 2 rings (SSSR count). The number of nitrogens with one attached hydrogen (secondary N) is 1. The molecule has 0 spiro atoms. The summed E-state index contributed by atoms with van der Waals surface area (Å²) in [5, 5.41) is 4.23. The molecule has 1 aromatic heterocycles. The predicted octanol–water partition coefficient (Wildman–Crippen LogP) is 3.03. The Morgan fingerprint density at radius 2 is 2.35 bits per heavy atom. The summed E-state index contributed by atoms with van der Waals surface area (Å²) in [7, 11) is 0. The summed E-state index contributed by atoms with van der Waals surface area (Å²) in [6, 6.07) is 0.465. The molecule has 5 heteroatoms. The molecule has 0 saturated carbocycles. The summed E-state index contributed by atoms with van der Waals surface area (Å²) in [6.07, 6.45) is 2.12. The zero-order valence-corrected chi connectivity index (χ0v) is 12.4. The van der Waals surface area contributed by atoms with E-state index in [1.165, 1.54) is 17.3 Å². The van der Waals surface area contributed by atoms with Crippen LogP contribution < -0.4 is 5.32 Å². The maximum Gasteiger partial charge on any atom is 0.203 e. The number of hydrogen-bond donors (Lipinski definition) is 1. The highest BCUT2D eigenvalue weighted by atomic mass is 32.2. The molecule has 0 aliphatic carbocycles. The first-order chi connectivity index (χ1) is 8.16. The molecule has 2 heterocycles. The van der Waals surface area contributed by atoms with Crippen molar-refractivity contribution in [1.82, 2.24) is 9.55 Å². The molecule has 1 aliphatic heterocycles. The van der Waals surface area contributed by atoms with E-state index in [1.807, 2.05) is 0 Å². The Bertz CT molecular complexity index is 357. The van der Waals surface area contributed by atoms with Crippen LogP contribution in [0.3, 0.4) is 0 Å². The number of nitrogens with zero attached hydrogens (tertiary/aromatic N) is 2. The Labute approximate surface area is 112 Å². The third-order valence-electron chi connectivity index (χ3n) is 2.78. The maximum absolute atomic E-state index is 4.55. The van der Waals surface area contributed by atoms with Gasteiger partial charge < -0.3 is 9.88 Å². The number of imidazole rings is 1. The van der Waals surface area contributed by atoms with Crippen molar-refractivity contribution in [1.29, 1.82) is 0 Å². The number of thioether (sulfide) groups is 2. The lowest BCUT2D eigenvalue weighted by Crippen LogP contribution is -2.24. The zero-order valence-electron chi connectivity index (χ0n) is 10.8. The first kappa shape index (κ1) is 13.1. The minimum atomic E-state index is 0.465. The monoisotopic (exact) mass is 271 g/mol. The Morgan fingerprint density at radius 3 is 3.00 bits per heavy atom. The number of anilines is 1. The lowest BCUT2D eigenvalue weighted by Gasteiger charge is -2.22. The summed E-state index contributed by atoms with van der Waals surface area (Å²) in [6.45, 7) is 7.46. The standard InChI is InChI=1S/C12H21N3S2/c1-9(2)15-7-10(3)14-12(15)13-6-11-8-16-4-5-17-11/h7,9,11H,4-6,8H2,1-3H3,(H,13,14). The van der Waals surface area contributed by atoms with Gasteiger partial charge in [-0.1, -0.05) is 0 Å². The molecule has 17 heavy (non-hydrogen) atoms. The van der Waals surface area contributed by atoms with Gasteiger partial charge in [-0.2, -0.15) is 23.5 Å². The Morgan fingerprint density at radius 1 is 1.53 bits per heavy atom. The molecule has 1 aromatic rings. The molecule has 1 saturated heterocycles. The third kappa shape index (κ3) is 3.58. The first-order valence-electron chi connectivity index (χ1n) is 6.15. The van der Waals surface area contributed by atoms with E-state index in [4.69, 9.17) is 0 Å². The minimum absolute atomic E-state index is 0.465. The fourth-order valence-corrected chi connectivity index (χ4v) is 4.51. The van der Waals surface area contributed by atoms with Crippen LogP contribution in [0.2, 0.25) is 0 Å². The molecule has 0 amide bonds. The van der Waals surface area contributed by atoms with Gasteiger partial charge in [-0.05, 0) is 20.8 Å². The fourth-order valence-electron chi connectivity index (χ4n) is 1.90. The molecule has 96 valence electrons. The smallest absolute Gasteiger partial charge is 0.203 e. The number of rotatable bonds is 4. The second-order valence-corrected chi connectivity index (χ2v) is 7.21. The van der Waals surface area contributed by atoms with Crippen molar-refractivity contribution in [3.8, 4) is 0 Å². The largest absolute Gasteiger partial charge is 0.354 e. The Balaban J connectivity index is 1.93. The normalized spacial score (nSPS) is 20.8. The van der Waals surface area contributed by atoms with Crippen LogP contribution in [0.15, 0.2) is 6.20 Å². The molecule has 0 bridgehead atoms. The second-order valence-electron chi connectivity index (χ2n) is 4.66. The lowest BCUT2D eigenvalue weighted by atomic mass is 10.4. The van der Waals surface area contributed by atoms with Crippen molar-refractivity contribution in [3.63, 3.8) is 0 Å². The molecular formula is C12H21N3S2. The van der Waals surface area contributed by atoms with Crippen molar-refractivity contribution in [2.45, 2.75) is 32.1 Å². The van der Waals surface area contributed by atoms with Gasteiger partial charge in [0.1, 0.15) is 0 Å². The van der Waals surface area contributed by atoms with Gasteiger partial charge in [0.15, 0.2) is 0 Å². The van der Waals surface area contributed by atoms with E-state index in [0.29, 0.717) is 6.04 Å². The molecule has 1 atom stereocenters. The summed E-state index contributed by atoms with van der Waals surface area (Å²) in [5.74, 6) is 4.88. The van der Waals surface area contributed by atoms with E-state index in [0.717, 1.165) is 23.4 Å². The Hall–Kier alpha value is -0.290. The van der Waals surface area contributed by atoms with Crippen molar-refractivity contribution >= 4 is 29.5 Å². The quantitative estimate of drug-likeness (QED) is 0.911. The lowest BCUT2D eigenvalue weighted by molar-refractivity contribution is 0.604. The van der Waals surface area contributed by atoms with E-state index in [9.17, 15) is 0 Å². The third-order valence-corrected chi connectivity index (χ3v) is 5.63. The highest BCUT2D eigenvalue weighted by molar-refractivity contribution is 8.06. The topological polar surface area (TPSA) is 29.9 Å². The predicted molar refractivity (Wildman–Crippen MR) is 79.4 cm³/mol. The van der Waals surface area contributed by atoms with E-state index in [2.05, 4.69) is 65.4 Å². The average molecular weight is 271 g/mol. The van der Waals surface area contributed by atoms with Crippen LogP contribution in [0.5, 0.6) is 0 Å². The fraction of sp³-hybridized carbons (Fsp3) is 0.750. The second kappa shape index (κ2) is 6.05. The van der Waals surface area contributed by atoms with Crippen LogP contribution in [-0.2, 0) is 0 Å². The van der Waals surface area contributed by atoms with Crippen molar-refractivity contribution in [3.05, 3.63) is 11.9 Å².